The molecule has 0 aliphatic rings. The highest BCUT2D eigenvalue weighted by atomic mass is 32.2. The molecule has 0 radical (unpaired) electrons. The summed E-state index contributed by atoms with van der Waals surface area (Å²) in [4.78, 5) is 23.3. The van der Waals surface area contributed by atoms with E-state index in [1.165, 1.54) is 23.9 Å². The number of hydrogen-bond acceptors (Lipinski definition) is 7. The van der Waals surface area contributed by atoms with Crippen LogP contribution in [0, 0.1) is 10.1 Å². The molecule has 0 atom stereocenters. The van der Waals surface area contributed by atoms with Crippen molar-refractivity contribution < 1.29 is 14.5 Å². The number of rotatable bonds is 10. The number of para-hydroxylation sites is 3. The van der Waals surface area contributed by atoms with Gasteiger partial charge in [-0.1, -0.05) is 66.4 Å². The van der Waals surface area contributed by atoms with Crippen LogP contribution in [0.15, 0.2) is 84.0 Å². The van der Waals surface area contributed by atoms with Crippen molar-refractivity contribution in [2.75, 3.05) is 18.2 Å². The van der Waals surface area contributed by atoms with Gasteiger partial charge in [-0.2, -0.15) is 0 Å². The molecule has 35 heavy (non-hydrogen) atoms. The Labute approximate surface area is 206 Å². The van der Waals surface area contributed by atoms with Gasteiger partial charge >= 0.3 is 0 Å². The number of benzene rings is 3. The Morgan fingerprint density at radius 3 is 2.51 bits per heavy atom. The molecule has 0 spiro atoms. The van der Waals surface area contributed by atoms with Gasteiger partial charge in [-0.3, -0.25) is 14.9 Å². The van der Waals surface area contributed by atoms with E-state index in [0.717, 1.165) is 17.5 Å². The normalized spacial score (nSPS) is 10.7. The lowest BCUT2D eigenvalue weighted by molar-refractivity contribution is -0.383. The molecule has 0 fully saturated rings. The number of ether oxygens (including phenoxy) is 1. The first-order valence-corrected chi connectivity index (χ1v) is 11.8. The summed E-state index contributed by atoms with van der Waals surface area (Å²) >= 11 is 1.22. The molecule has 0 unspecified atom stereocenters. The Bertz CT molecular complexity index is 1330. The quantitative estimate of drug-likeness (QED) is 0.193. The minimum atomic E-state index is -0.525. The molecule has 1 N–H and O–H groups in total. The second-order valence-corrected chi connectivity index (χ2v) is 8.45. The molecule has 0 saturated heterocycles. The number of methoxy groups -OCH3 is 1. The van der Waals surface area contributed by atoms with Crippen LogP contribution >= 0.6 is 11.8 Å². The minimum Gasteiger partial charge on any atom is -0.496 e. The number of amides is 1. The molecule has 9 nitrogen and oxygen atoms in total. The van der Waals surface area contributed by atoms with E-state index in [9.17, 15) is 14.9 Å². The van der Waals surface area contributed by atoms with Gasteiger partial charge in [0.1, 0.15) is 11.4 Å². The van der Waals surface area contributed by atoms with E-state index >= 15 is 0 Å². The first kappa shape index (κ1) is 24.0. The smallest absolute Gasteiger partial charge is 0.292 e. The molecule has 0 bridgehead atoms. The summed E-state index contributed by atoms with van der Waals surface area (Å²) in [5.74, 6) is 0.953. The summed E-state index contributed by atoms with van der Waals surface area (Å²) in [6, 6.07) is 23.7. The predicted molar refractivity (Wildman–Crippen MR) is 135 cm³/mol. The standard InChI is InChI=1S/C25H23N5O4S/c1-34-22-14-8-5-11-19(22)24-27-28-25(29(24)16-15-18-9-3-2-4-10-18)35-17-23(31)26-20-12-6-7-13-21(20)30(32)33/h2-14H,15-17H2,1H3,(H,26,31). The van der Waals surface area contributed by atoms with E-state index < -0.39 is 4.92 Å². The van der Waals surface area contributed by atoms with Crippen molar-refractivity contribution in [3.05, 3.63) is 94.5 Å². The van der Waals surface area contributed by atoms with E-state index in [1.807, 2.05) is 47.0 Å². The Balaban J connectivity index is 1.55. The highest BCUT2D eigenvalue weighted by Crippen LogP contribution is 2.31. The van der Waals surface area contributed by atoms with E-state index in [-0.39, 0.29) is 23.0 Å². The van der Waals surface area contributed by atoms with Crippen LogP contribution in [0.3, 0.4) is 0 Å². The topological polar surface area (TPSA) is 112 Å². The van der Waals surface area contributed by atoms with Gasteiger partial charge in [0.2, 0.25) is 5.91 Å². The van der Waals surface area contributed by atoms with E-state index in [1.54, 1.807) is 19.2 Å². The van der Waals surface area contributed by atoms with Gasteiger partial charge in [0, 0.05) is 12.6 Å². The Morgan fingerprint density at radius 2 is 1.74 bits per heavy atom. The minimum absolute atomic E-state index is 0.0153. The van der Waals surface area contributed by atoms with Crippen LogP contribution in [0.25, 0.3) is 11.4 Å². The first-order valence-electron chi connectivity index (χ1n) is 10.8. The molecule has 0 saturated carbocycles. The monoisotopic (exact) mass is 489 g/mol. The molecule has 1 aromatic heterocycles. The third kappa shape index (κ3) is 5.85. The van der Waals surface area contributed by atoms with Crippen molar-refractivity contribution in [2.24, 2.45) is 0 Å². The molecule has 10 heteroatoms. The van der Waals surface area contributed by atoms with Gasteiger partial charge in [-0.15, -0.1) is 10.2 Å². The number of aryl methyl sites for hydroxylation is 1. The number of carbonyl (C=O) groups excluding carboxylic acids is 1. The van der Waals surface area contributed by atoms with Gasteiger partial charge in [0.25, 0.3) is 5.69 Å². The lowest BCUT2D eigenvalue weighted by Gasteiger charge is -2.12. The fourth-order valence-corrected chi connectivity index (χ4v) is 4.33. The Hall–Kier alpha value is -4.18. The number of anilines is 1. The molecule has 4 aromatic rings. The number of nitrogens with one attached hydrogen (secondary N) is 1. The highest BCUT2D eigenvalue weighted by molar-refractivity contribution is 7.99. The van der Waals surface area contributed by atoms with Gasteiger partial charge in [0.05, 0.1) is 23.3 Å². The summed E-state index contributed by atoms with van der Waals surface area (Å²) in [7, 11) is 1.60. The Morgan fingerprint density at radius 1 is 1.03 bits per heavy atom. The first-order chi connectivity index (χ1) is 17.1. The maximum Gasteiger partial charge on any atom is 0.292 e. The van der Waals surface area contributed by atoms with Crippen LogP contribution < -0.4 is 10.1 Å². The van der Waals surface area contributed by atoms with Crippen molar-refractivity contribution in [2.45, 2.75) is 18.1 Å². The number of carbonyl (C=O) groups is 1. The fraction of sp³-hybridized carbons (Fsp3) is 0.160. The van der Waals surface area contributed by atoms with Crippen molar-refractivity contribution in [3.8, 4) is 17.1 Å². The molecule has 178 valence electrons. The zero-order valence-corrected chi connectivity index (χ0v) is 19.8. The number of hydrogen-bond donors (Lipinski definition) is 1. The molecular formula is C25H23N5O4S. The maximum atomic E-state index is 12.6. The highest BCUT2D eigenvalue weighted by Gasteiger charge is 2.20. The van der Waals surface area contributed by atoms with Crippen LogP contribution in [0.2, 0.25) is 0 Å². The molecule has 1 amide bonds. The maximum absolute atomic E-state index is 12.6. The molecule has 1 heterocycles. The van der Waals surface area contributed by atoms with E-state index in [0.29, 0.717) is 23.3 Å². The zero-order valence-electron chi connectivity index (χ0n) is 19.0. The van der Waals surface area contributed by atoms with E-state index in [4.69, 9.17) is 4.74 Å². The lowest BCUT2D eigenvalue weighted by Crippen LogP contribution is -2.16. The molecule has 0 aliphatic carbocycles. The summed E-state index contributed by atoms with van der Waals surface area (Å²) < 4.78 is 7.48. The van der Waals surface area contributed by atoms with Crippen LogP contribution in [-0.4, -0.2) is 38.5 Å². The summed E-state index contributed by atoms with van der Waals surface area (Å²) in [5.41, 5.74) is 1.96. The van der Waals surface area contributed by atoms with Crippen LogP contribution in [0.5, 0.6) is 5.75 Å². The van der Waals surface area contributed by atoms with Crippen LogP contribution in [-0.2, 0) is 17.8 Å². The number of thioether (sulfide) groups is 1. The average molecular weight is 490 g/mol. The summed E-state index contributed by atoms with van der Waals surface area (Å²) in [6.45, 7) is 0.596. The molecule has 3 aromatic carbocycles. The number of nitro benzene ring substituents is 1. The summed E-state index contributed by atoms with van der Waals surface area (Å²) in [5, 5.41) is 23.1. The number of aromatic nitrogens is 3. The lowest BCUT2D eigenvalue weighted by atomic mass is 10.1. The number of nitrogens with zero attached hydrogens (tertiary/aromatic N) is 4. The van der Waals surface area contributed by atoms with E-state index in [2.05, 4.69) is 27.6 Å². The largest absolute Gasteiger partial charge is 0.496 e. The van der Waals surface area contributed by atoms with Gasteiger partial charge in [0.15, 0.2) is 11.0 Å². The molecular weight excluding hydrogens is 466 g/mol. The van der Waals surface area contributed by atoms with Crippen molar-refractivity contribution in [1.82, 2.24) is 14.8 Å². The van der Waals surface area contributed by atoms with Crippen molar-refractivity contribution in [3.63, 3.8) is 0 Å². The second-order valence-electron chi connectivity index (χ2n) is 7.50. The van der Waals surface area contributed by atoms with Gasteiger partial charge in [-0.25, -0.2) is 0 Å². The zero-order chi connectivity index (χ0) is 24.6. The molecule has 0 aliphatic heterocycles. The van der Waals surface area contributed by atoms with Crippen LogP contribution in [0.4, 0.5) is 11.4 Å². The molecule has 4 rings (SSSR count). The van der Waals surface area contributed by atoms with Crippen molar-refractivity contribution in [1.29, 1.82) is 0 Å². The Kier molecular flexibility index (Phi) is 7.74. The third-order valence-corrected chi connectivity index (χ3v) is 6.21. The second kappa shape index (κ2) is 11.3. The number of nitro groups is 1. The average Bonchev–Trinajstić information content (AvgIpc) is 3.29. The van der Waals surface area contributed by atoms with Gasteiger partial charge in [-0.05, 0) is 30.2 Å². The predicted octanol–water partition coefficient (Wildman–Crippen LogP) is 4.84. The fourth-order valence-electron chi connectivity index (χ4n) is 3.57. The van der Waals surface area contributed by atoms with Crippen molar-refractivity contribution >= 4 is 29.0 Å². The van der Waals surface area contributed by atoms with Gasteiger partial charge < -0.3 is 14.6 Å². The van der Waals surface area contributed by atoms with Crippen LogP contribution in [0.1, 0.15) is 5.56 Å². The summed E-state index contributed by atoms with van der Waals surface area (Å²) in [6.07, 6.45) is 0.747. The SMILES string of the molecule is COc1ccccc1-c1nnc(SCC(=O)Nc2ccccc2[N+](=O)[O-])n1CCc1ccccc1. The third-order valence-electron chi connectivity index (χ3n) is 5.24.